The highest BCUT2D eigenvalue weighted by Gasteiger charge is 2.73. The first-order valence-electron chi connectivity index (χ1n) is 15.4. The van der Waals surface area contributed by atoms with Gasteiger partial charge in [-0.1, -0.05) is 18.2 Å². The van der Waals surface area contributed by atoms with Gasteiger partial charge in [0.05, 0.1) is 10.9 Å². The molecular weight excluding hydrogens is 660 g/mol. The third-order valence-electron chi connectivity index (χ3n) is 10.6. The van der Waals surface area contributed by atoms with Gasteiger partial charge in [0, 0.05) is 37.0 Å². The zero-order valence-corrected chi connectivity index (χ0v) is 26.0. The summed E-state index contributed by atoms with van der Waals surface area (Å²) in [4.78, 5) is 29.3. The molecular formula is C32H32F8N2O4S. The van der Waals surface area contributed by atoms with Crippen molar-refractivity contribution in [3.8, 4) is 0 Å². The minimum atomic E-state index is -6.36. The Hall–Kier alpha value is -3.23. The average Bonchev–Trinajstić information content (AvgIpc) is 3.44. The predicted octanol–water partition coefficient (Wildman–Crippen LogP) is 6.51. The highest BCUT2D eigenvalue weighted by atomic mass is 32.2. The quantitative estimate of drug-likeness (QED) is 0.271. The van der Waals surface area contributed by atoms with E-state index in [-0.39, 0.29) is 72.1 Å². The average molecular weight is 693 g/mol. The van der Waals surface area contributed by atoms with Gasteiger partial charge in [0.25, 0.3) is 0 Å². The van der Waals surface area contributed by atoms with Crippen LogP contribution in [0.4, 0.5) is 35.1 Å². The maximum atomic E-state index is 15.1. The van der Waals surface area contributed by atoms with Gasteiger partial charge >= 0.3 is 18.0 Å². The molecule has 0 N–H and O–H groups in total. The van der Waals surface area contributed by atoms with Crippen LogP contribution in [0.3, 0.4) is 0 Å². The van der Waals surface area contributed by atoms with E-state index >= 15 is 4.39 Å². The van der Waals surface area contributed by atoms with Gasteiger partial charge in [-0.15, -0.1) is 0 Å². The van der Waals surface area contributed by atoms with Gasteiger partial charge < -0.3 is 9.80 Å². The van der Waals surface area contributed by atoms with Crippen LogP contribution in [-0.2, 0) is 36.3 Å². The van der Waals surface area contributed by atoms with Gasteiger partial charge in [0.15, 0.2) is 9.84 Å². The standard InChI is InChI=1S/C32H32F8N2O4S/c1-18(43)42-23-8-9-24(42)17-20(16-23)28(44)41-14-13-29(47(45,46)25-10-6-22(33)7-11-25)26-12-5-21(15-19(26)3-2-4-27(29)41)30(34,31(35,36)37)32(38,39)40/h5-7,10-12,15,20,23-24,27H,2-4,8-9,13-14,16-17H2,1H3/t20?,23-,24+,27-,29-/m0/s1. The van der Waals surface area contributed by atoms with Gasteiger partial charge in [-0.05, 0) is 86.8 Å². The fourth-order valence-corrected chi connectivity index (χ4v) is 11.0. The number of halogens is 8. The largest absolute Gasteiger partial charge is 0.435 e. The summed E-state index contributed by atoms with van der Waals surface area (Å²) in [6.45, 7) is 1.39. The minimum Gasteiger partial charge on any atom is -0.337 e. The van der Waals surface area contributed by atoms with E-state index in [0.29, 0.717) is 25.0 Å². The molecule has 2 aromatic rings. The van der Waals surface area contributed by atoms with Crippen LogP contribution in [-0.4, -0.2) is 67.1 Å². The summed E-state index contributed by atoms with van der Waals surface area (Å²) in [6, 6.07) is 4.10. The molecule has 6 nitrogen and oxygen atoms in total. The van der Waals surface area contributed by atoms with E-state index in [1.165, 1.54) is 11.8 Å². The molecule has 3 aliphatic heterocycles. The molecule has 6 rings (SSSR count). The summed E-state index contributed by atoms with van der Waals surface area (Å²) < 4.78 is 138. The molecule has 256 valence electrons. The Morgan fingerprint density at radius 2 is 1.47 bits per heavy atom. The van der Waals surface area contributed by atoms with Crippen molar-refractivity contribution in [3.05, 3.63) is 65.0 Å². The Morgan fingerprint density at radius 3 is 2.02 bits per heavy atom. The molecule has 2 aromatic carbocycles. The van der Waals surface area contributed by atoms with Crippen molar-refractivity contribution in [2.45, 2.75) is 104 Å². The predicted molar refractivity (Wildman–Crippen MR) is 152 cm³/mol. The number of carbonyl (C=O) groups is 2. The highest BCUT2D eigenvalue weighted by Crippen LogP contribution is 2.56. The lowest BCUT2D eigenvalue weighted by Gasteiger charge is -2.42. The molecule has 2 bridgehead atoms. The van der Waals surface area contributed by atoms with Crippen LogP contribution in [0.15, 0.2) is 47.4 Å². The van der Waals surface area contributed by atoms with Crippen molar-refractivity contribution in [1.82, 2.24) is 9.80 Å². The number of likely N-dealkylation sites (tertiary alicyclic amines) is 1. The van der Waals surface area contributed by atoms with Crippen LogP contribution in [0, 0.1) is 11.7 Å². The second kappa shape index (κ2) is 11.2. The lowest BCUT2D eigenvalue weighted by Crippen LogP contribution is -2.53. The van der Waals surface area contributed by atoms with E-state index in [2.05, 4.69) is 0 Å². The highest BCUT2D eigenvalue weighted by molar-refractivity contribution is 7.92. The van der Waals surface area contributed by atoms with Crippen LogP contribution < -0.4 is 0 Å². The molecule has 2 amide bonds. The second-order valence-electron chi connectivity index (χ2n) is 13.0. The van der Waals surface area contributed by atoms with Gasteiger partial charge in [-0.3, -0.25) is 9.59 Å². The third-order valence-corrected chi connectivity index (χ3v) is 13.2. The van der Waals surface area contributed by atoms with Crippen LogP contribution >= 0.6 is 0 Å². The number of hydrogen-bond donors (Lipinski definition) is 0. The van der Waals surface area contributed by atoms with E-state index in [4.69, 9.17) is 0 Å². The molecule has 5 atom stereocenters. The van der Waals surface area contributed by atoms with Gasteiger partial charge in [0.2, 0.25) is 11.8 Å². The smallest absolute Gasteiger partial charge is 0.337 e. The molecule has 0 aromatic heterocycles. The lowest BCUT2D eigenvalue weighted by atomic mass is 9.84. The van der Waals surface area contributed by atoms with E-state index < -0.39 is 55.9 Å². The molecule has 4 aliphatic rings. The van der Waals surface area contributed by atoms with Crippen molar-refractivity contribution in [2.24, 2.45) is 5.92 Å². The fourth-order valence-electron chi connectivity index (χ4n) is 8.64. The Bertz CT molecular complexity index is 1670. The summed E-state index contributed by atoms with van der Waals surface area (Å²) in [5.41, 5.74) is -7.74. The Kier molecular flexibility index (Phi) is 7.99. The normalized spacial score (nSPS) is 28.1. The van der Waals surface area contributed by atoms with Crippen molar-refractivity contribution in [3.63, 3.8) is 0 Å². The Balaban J connectivity index is 1.47. The Labute approximate surface area is 266 Å². The second-order valence-corrected chi connectivity index (χ2v) is 15.2. The zero-order chi connectivity index (χ0) is 34.3. The third kappa shape index (κ3) is 4.96. The number of benzene rings is 2. The first-order valence-corrected chi connectivity index (χ1v) is 16.9. The van der Waals surface area contributed by atoms with Crippen molar-refractivity contribution < 1.29 is 53.1 Å². The molecule has 0 saturated carbocycles. The van der Waals surface area contributed by atoms with E-state index in [9.17, 15) is 48.7 Å². The zero-order valence-electron chi connectivity index (χ0n) is 25.2. The first kappa shape index (κ1) is 33.7. The maximum absolute atomic E-state index is 15.1. The topological polar surface area (TPSA) is 74.8 Å². The number of aryl methyl sites for hydroxylation is 1. The lowest BCUT2D eigenvalue weighted by molar-refractivity contribution is -0.348. The van der Waals surface area contributed by atoms with E-state index in [1.54, 1.807) is 4.90 Å². The molecule has 15 heteroatoms. The van der Waals surface area contributed by atoms with Crippen molar-refractivity contribution in [1.29, 1.82) is 0 Å². The number of rotatable bonds is 4. The van der Waals surface area contributed by atoms with Crippen LogP contribution in [0.1, 0.15) is 68.6 Å². The summed E-state index contributed by atoms with van der Waals surface area (Å²) in [5, 5.41) is 0. The van der Waals surface area contributed by atoms with Crippen molar-refractivity contribution in [2.75, 3.05) is 6.54 Å². The number of carbonyl (C=O) groups excluding carboxylic acids is 2. The molecule has 1 unspecified atom stereocenters. The van der Waals surface area contributed by atoms with Crippen LogP contribution in [0.5, 0.6) is 0 Å². The van der Waals surface area contributed by atoms with Crippen molar-refractivity contribution >= 4 is 21.7 Å². The molecule has 3 heterocycles. The summed E-state index contributed by atoms with van der Waals surface area (Å²) in [5.74, 6) is -1.69. The summed E-state index contributed by atoms with van der Waals surface area (Å²) >= 11 is 0. The van der Waals surface area contributed by atoms with Gasteiger partial charge in [-0.25, -0.2) is 17.2 Å². The molecule has 1 aliphatic carbocycles. The summed E-state index contributed by atoms with van der Waals surface area (Å²) in [6.07, 6.45) is -10.8. The van der Waals surface area contributed by atoms with Gasteiger partial charge in [-0.2, -0.15) is 26.3 Å². The number of sulfone groups is 1. The number of piperidine rings is 1. The molecule has 47 heavy (non-hydrogen) atoms. The number of alkyl halides is 7. The molecule has 0 radical (unpaired) electrons. The SMILES string of the molecule is CC(=O)N1[C@@H]2CC[C@H]1CC(C(=O)N1CC[C@]3(S(=O)(=O)c4ccc(F)cc4)c4ccc(C(F)(C(F)(F)F)C(F)(F)F)cc4CCC[C@H]13)C2. The fraction of sp³-hybridized carbons (Fsp3) is 0.562. The number of hydrogen-bond acceptors (Lipinski definition) is 4. The van der Waals surface area contributed by atoms with Crippen LogP contribution in [0.2, 0.25) is 0 Å². The van der Waals surface area contributed by atoms with E-state index in [0.717, 1.165) is 43.2 Å². The minimum absolute atomic E-state index is 0.0363. The van der Waals surface area contributed by atoms with Crippen LogP contribution in [0.25, 0.3) is 0 Å². The van der Waals surface area contributed by atoms with Gasteiger partial charge in [0.1, 0.15) is 10.6 Å². The molecule has 0 spiro atoms. The number of amides is 2. The first-order chi connectivity index (χ1) is 21.8. The number of nitrogens with zero attached hydrogens (tertiary/aromatic N) is 2. The molecule has 3 fully saturated rings. The van der Waals surface area contributed by atoms with E-state index in [1.807, 2.05) is 0 Å². The Morgan fingerprint density at radius 1 is 0.872 bits per heavy atom. The molecule has 3 saturated heterocycles. The summed E-state index contributed by atoms with van der Waals surface area (Å²) in [7, 11) is -4.60. The monoisotopic (exact) mass is 692 g/mol. The number of fused-ring (bicyclic) bond motifs is 5. The maximum Gasteiger partial charge on any atom is 0.435 e.